The standard InChI is InChI=1S/C20H27N3O/c1-16(23-12-3-4-13-23)8-9-20(24)22(2)15-18-7-5-6-17-14-21-11-10-19(17)18/h5-7,10-11,14,16H,3-4,8-9,12-13,15H2,1-2H3/t16-/m0/s1. The number of hydrogen-bond acceptors (Lipinski definition) is 3. The lowest BCUT2D eigenvalue weighted by Gasteiger charge is -2.25. The van der Waals surface area contributed by atoms with E-state index in [1.165, 1.54) is 36.9 Å². The zero-order valence-electron chi connectivity index (χ0n) is 14.7. The normalized spacial score (nSPS) is 16.4. The number of likely N-dealkylation sites (tertiary alicyclic amines) is 1. The minimum absolute atomic E-state index is 0.229. The van der Waals surface area contributed by atoms with E-state index in [0.717, 1.165) is 11.8 Å². The van der Waals surface area contributed by atoms with Crippen molar-refractivity contribution in [2.75, 3.05) is 20.1 Å². The molecule has 1 fully saturated rings. The summed E-state index contributed by atoms with van der Waals surface area (Å²) >= 11 is 0. The Morgan fingerprint density at radius 3 is 2.88 bits per heavy atom. The van der Waals surface area contributed by atoms with Crippen molar-refractivity contribution in [3.8, 4) is 0 Å². The Labute approximate surface area is 144 Å². The van der Waals surface area contributed by atoms with E-state index in [1.807, 2.05) is 36.5 Å². The van der Waals surface area contributed by atoms with Crippen LogP contribution in [0.1, 0.15) is 38.2 Å². The molecule has 1 aliphatic rings. The minimum atomic E-state index is 0.229. The number of pyridine rings is 1. The summed E-state index contributed by atoms with van der Waals surface area (Å²) in [5.41, 5.74) is 1.18. The van der Waals surface area contributed by atoms with E-state index in [0.29, 0.717) is 19.0 Å². The van der Waals surface area contributed by atoms with Crippen LogP contribution in [0, 0.1) is 0 Å². The van der Waals surface area contributed by atoms with Gasteiger partial charge in [-0.1, -0.05) is 18.2 Å². The second kappa shape index (κ2) is 7.75. The molecular weight excluding hydrogens is 298 g/mol. The molecule has 1 aromatic carbocycles. The van der Waals surface area contributed by atoms with E-state index >= 15 is 0 Å². The highest BCUT2D eigenvalue weighted by molar-refractivity contribution is 5.85. The van der Waals surface area contributed by atoms with Gasteiger partial charge in [0, 0.05) is 43.8 Å². The van der Waals surface area contributed by atoms with Gasteiger partial charge in [0.05, 0.1) is 0 Å². The molecule has 4 heteroatoms. The third-order valence-corrected chi connectivity index (χ3v) is 5.14. The maximum atomic E-state index is 12.5. The predicted molar refractivity (Wildman–Crippen MR) is 97.7 cm³/mol. The molecule has 1 aromatic heterocycles. The van der Waals surface area contributed by atoms with Crippen LogP contribution in [0.4, 0.5) is 0 Å². The summed E-state index contributed by atoms with van der Waals surface area (Å²) in [7, 11) is 1.91. The summed E-state index contributed by atoms with van der Waals surface area (Å²) in [6, 6.07) is 8.73. The highest BCUT2D eigenvalue weighted by Crippen LogP contribution is 2.20. The van der Waals surface area contributed by atoms with Crippen LogP contribution in [0.2, 0.25) is 0 Å². The molecule has 128 valence electrons. The van der Waals surface area contributed by atoms with E-state index in [1.54, 1.807) is 0 Å². The molecule has 0 aliphatic carbocycles. The van der Waals surface area contributed by atoms with Gasteiger partial charge in [-0.3, -0.25) is 9.78 Å². The van der Waals surface area contributed by atoms with Crippen LogP contribution in [0.3, 0.4) is 0 Å². The van der Waals surface area contributed by atoms with Crippen LogP contribution in [0.15, 0.2) is 36.7 Å². The summed E-state index contributed by atoms with van der Waals surface area (Å²) in [6.07, 6.45) is 7.86. The number of aromatic nitrogens is 1. The third kappa shape index (κ3) is 3.93. The van der Waals surface area contributed by atoms with E-state index in [-0.39, 0.29) is 5.91 Å². The number of hydrogen-bond donors (Lipinski definition) is 0. The summed E-state index contributed by atoms with van der Waals surface area (Å²) < 4.78 is 0. The largest absolute Gasteiger partial charge is 0.341 e. The molecule has 4 nitrogen and oxygen atoms in total. The number of carbonyl (C=O) groups excluding carboxylic acids is 1. The van der Waals surface area contributed by atoms with Crippen LogP contribution < -0.4 is 0 Å². The van der Waals surface area contributed by atoms with Crippen molar-refractivity contribution >= 4 is 16.7 Å². The lowest BCUT2D eigenvalue weighted by atomic mass is 10.1. The Morgan fingerprint density at radius 1 is 1.29 bits per heavy atom. The van der Waals surface area contributed by atoms with Crippen LogP contribution in [0.5, 0.6) is 0 Å². The van der Waals surface area contributed by atoms with Crippen molar-refractivity contribution in [2.24, 2.45) is 0 Å². The third-order valence-electron chi connectivity index (χ3n) is 5.14. The molecule has 2 heterocycles. The van der Waals surface area contributed by atoms with Crippen molar-refractivity contribution in [3.05, 3.63) is 42.2 Å². The van der Waals surface area contributed by atoms with E-state index in [2.05, 4.69) is 28.9 Å². The van der Waals surface area contributed by atoms with E-state index < -0.39 is 0 Å². The Hall–Kier alpha value is -1.94. The van der Waals surface area contributed by atoms with Crippen molar-refractivity contribution in [3.63, 3.8) is 0 Å². The molecule has 24 heavy (non-hydrogen) atoms. The fourth-order valence-corrected chi connectivity index (χ4v) is 3.56. The van der Waals surface area contributed by atoms with Gasteiger partial charge in [-0.25, -0.2) is 0 Å². The highest BCUT2D eigenvalue weighted by Gasteiger charge is 2.19. The van der Waals surface area contributed by atoms with Crippen LogP contribution >= 0.6 is 0 Å². The van der Waals surface area contributed by atoms with Crippen molar-refractivity contribution in [2.45, 2.75) is 45.2 Å². The van der Waals surface area contributed by atoms with Crippen molar-refractivity contribution < 1.29 is 4.79 Å². The van der Waals surface area contributed by atoms with Gasteiger partial charge < -0.3 is 9.80 Å². The molecular formula is C20H27N3O. The average Bonchev–Trinajstić information content (AvgIpc) is 3.14. The number of carbonyl (C=O) groups is 1. The summed E-state index contributed by atoms with van der Waals surface area (Å²) in [5, 5.41) is 2.30. The summed E-state index contributed by atoms with van der Waals surface area (Å²) in [4.78, 5) is 21.0. The Kier molecular flexibility index (Phi) is 5.46. The molecule has 3 rings (SSSR count). The van der Waals surface area contributed by atoms with Gasteiger partial charge in [-0.05, 0) is 56.3 Å². The first-order chi connectivity index (χ1) is 11.6. The first-order valence-corrected chi connectivity index (χ1v) is 8.95. The van der Waals surface area contributed by atoms with Gasteiger partial charge in [0.15, 0.2) is 0 Å². The molecule has 1 aliphatic heterocycles. The molecule has 0 N–H and O–H groups in total. The molecule has 2 aromatic rings. The maximum absolute atomic E-state index is 12.5. The Bertz CT molecular complexity index is 689. The van der Waals surface area contributed by atoms with E-state index in [4.69, 9.17) is 0 Å². The SMILES string of the molecule is C[C@@H](CCC(=O)N(C)Cc1cccc2cnccc12)N1CCCC1. The molecule has 1 amide bonds. The van der Waals surface area contributed by atoms with Crippen LogP contribution in [-0.4, -0.2) is 46.9 Å². The zero-order chi connectivity index (χ0) is 16.9. The lowest BCUT2D eigenvalue weighted by molar-refractivity contribution is -0.130. The molecule has 1 saturated heterocycles. The van der Waals surface area contributed by atoms with Gasteiger partial charge in [0.1, 0.15) is 0 Å². The molecule has 0 unspecified atom stereocenters. The van der Waals surface area contributed by atoms with Gasteiger partial charge in [-0.2, -0.15) is 0 Å². The van der Waals surface area contributed by atoms with Crippen LogP contribution in [0.25, 0.3) is 10.8 Å². The molecule has 0 spiro atoms. The number of fused-ring (bicyclic) bond motifs is 1. The first-order valence-electron chi connectivity index (χ1n) is 8.95. The highest BCUT2D eigenvalue weighted by atomic mass is 16.2. The molecule has 0 saturated carbocycles. The Balaban J connectivity index is 1.57. The predicted octanol–water partition coefficient (Wildman–Crippen LogP) is 3.46. The number of amides is 1. The molecule has 0 radical (unpaired) electrons. The van der Waals surface area contributed by atoms with Crippen molar-refractivity contribution in [1.29, 1.82) is 0 Å². The number of nitrogens with zero attached hydrogens (tertiary/aromatic N) is 3. The quantitative estimate of drug-likeness (QED) is 0.816. The fraction of sp³-hybridized carbons (Fsp3) is 0.500. The molecule has 1 atom stereocenters. The van der Waals surface area contributed by atoms with Crippen LogP contribution in [-0.2, 0) is 11.3 Å². The first kappa shape index (κ1) is 16.9. The molecule has 0 bridgehead atoms. The van der Waals surface area contributed by atoms with Gasteiger partial charge in [-0.15, -0.1) is 0 Å². The smallest absolute Gasteiger partial charge is 0.222 e. The average molecular weight is 325 g/mol. The summed E-state index contributed by atoms with van der Waals surface area (Å²) in [5.74, 6) is 0.229. The van der Waals surface area contributed by atoms with Gasteiger partial charge in [0.25, 0.3) is 0 Å². The topological polar surface area (TPSA) is 36.4 Å². The lowest BCUT2D eigenvalue weighted by Crippen LogP contribution is -2.32. The second-order valence-corrected chi connectivity index (χ2v) is 6.89. The maximum Gasteiger partial charge on any atom is 0.222 e. The van der Waals surface area contributed by atoms with Gasteiger partial charge >= 0.3 is 0 Å². The summed E-state index contributed by atoms with van der Waals surface area (Å²) in [6.45, 7) is 5.28. The number of rotatable bonds is 6. The van der Waals surface area contributed by atoms with E-state index in [9.17, 15) is 4.79 Å². The number of benzene rings is 1. The van der Waals surface area contributed by atoms with Gasteiger partial charge in [0.2, 0.25) is 5.91 Å². The zero-order valence-corrected chi connectivity index (χ0v) is 14.7. The fourth-order valence-electron chi connectivity index (χ4n) is 3.56. The monoisotopic (exact) mass is 325 g/mol. The Morgan fingerprint density at radius 2 is 2.08 bits per heavy atom. The minimum Gasteiger partial charge on any atom is -0.341 e. The van der Waals surface area contributed by atoms with Crippen molar-refractivity contribution in [1.82, 2.24) is 14.8 Å². The second-order valence-electron chi connectivity index (χ2n) is 6.89.